The topological polar surface area (TPSA) is 41.4 Å². The largest absolute Gasteiger partial charge is 0.335 e. The minimum absolute atomic E-state index is 0.0490. The Morgan fingerprint density at radius 3 is 2.44 bits per heavy atom. The van der Waals surface area contributed by atoms with E-state index in [0.29, 0.717) is 5.69 Å². The van der Waals surface area contributed by atoms with Crippen molar-refractivity contribution in [3.05, 3.63) is 41.1 Å². The van der Waals surface area contributed by atoms with Gasteiger partial charge in [0.15, 0.2) is 5.69 Å². The molecule has 2 aliphatic rings. The van der Waals surface area contributed by atoms with Gasteiger partial charge in [0.25, 0.3) is 5.91 Å². The number of aromatic nitrogens is 2. The van der Waals surface area contributed by atoms with Crippen molar-refractivity contribution in [1.29, 1.82) is 0 Å². The average Bonchev–Trinajstić information content (AvgIpc) is 3.03. The van der Waals surface area contributed by atoms with E-state index in [9.17, 15) is 4.79 Å². The number of aryl methyl sites for hydroxylation is 3. The predicted molar refractivity (Wildman–Crippen MR) is 98.7 cm³/mol. The van der Waals surface area contributed by atoms with E-state index < -0.39 is 0 Å². The molecule has 0 N–H and O–H groups in total. The Kier molecular flexibility index (Phi) is 4.34. The molecule has 0 saturated carbocycles. The second-order valence-corrected chi connectivity index (χ2v) is 7.32. The molecule has 0 radical (unpaired) electrons. The third-order valence-electron chi connectivity index (χ3n) is 5.53. The molecule has 1 aromatic heterocycles. The molecule has 1 aliphatic carbocycles. The highest BCUT2D eigenvalue weighted by molar-refractivity contribution is 5.93. The Morgan fingerprint density at radius 1 is 0.960 bits per heavy atom. The van der Waals surface area contributed by atoms with Gasteiger partial charge < -0.3 is 9.80 Å². The van der Waals surface area contributed by atoms with Crippen molar-refractivity contribution in [2.24, 2.45) is 7.05 Å². The Hall–Kier alpha value is -2.14. The highest BCUT2D eigenvalue weighted by atomic mass is 16.2. The van der Waals surface area contributed by atoms with E-state index in [0.717, 1.165) is 43.9 Å². The van der Waals surface area contributed by atoms with Crippen LogP contribution in [0.3, 0.4) is 0 Å². The number of hydrogen-bond donors (Lipinski definition) is 0. The number of piperazine rings is 1. The molecule has 132 valence electrons. The normalized spacial score (nSPS) is 18.2. The quantitative estimate of drug-likeness (QED) is 0.844. The van der Waals surface area contributed by atoms with Gasteiger partial charge in [-0.25, -0.2) is 0 Å². The van der Waals surface area contributed by atoms with E-state index in [-0.39, 0.29) is 5.91 Å². The lowest BCUT2D eigenvalue weighted by atomic mass is 9.90. The molecule has 5 heteroatoms. The van der Waals surface area contributed by atoms with Crippen LogP contribution in [0.4, 0.5) is 0 Å². The molecule has 1 saturated heterocycles. The summed E-state index contributed by atoms with van der Waals surface area (Å²) in [6, 6.07) is 8.66. The maximum Gasteiger partial charge on any atom is 0.274 e. The van der Waals surface area contributed by atoms with Crippen LogP contribution in [0, 0.1) is 0 Å². The molecule has 25 heavy (non-hydrogen) atoms. The van der Waals surface area contributed by atoms with Crippen molar-refractivity contribution in [3.8, 4) is 11.3 Å². The van der Waals surface area contributed by atoms with E-state index in [1.54, 1.807) is 0 Å². The van der Waals surface area contributed by atoms with E-state index in [1.807, 2.05) is 22.7 Å². The zero-order chi connectivity index (χ0) is 17.4. The second-order valence-electron chi connectivity index (χ2n) is 7.32. The van der Waals surface area contributed by atoms with Gasteiger partial charge in [-0.3, -0.25) is 9.48 Å². The first-order valence-corrected chi connectivity index (χ1v) is 9.26. The van der Waals surface area contributed by atoms with Crippen LogP contribution >= 0.6 is 0 Å². The Balaban J connectivity index is 1.59. The molecule has 2 heterocycles. The van der Waals surface area contributed by atoms with Gasteiger partial charge in [0, 0.05) is 38.8 Å². The molecule has 2 aromatic rings. The van der Waals surface area contributed by atoms with Gasteiger partial charge in [-0.15, -0.1) is 0 Å². The van der Waals surface area contributed by atoms with Crippen LogP contribution in [0.25, 0.3) is 11.3 Å². The fourth-order valence-corrected chi connectivity index (χ4v) is 3.91. The van der Waals surface area contributed by atoms with Crippen LogP contribution in [0.2, 0.25) is 0 Å². The van der Waals surface area contributed by atoms with Crippen LogP contribution in [-0.4, -0.2) is 58.7 Å². The summed E-state index contributed by atoms with van der Waals surface area (Å²) in [6.45, 7) is 3.41. The molecule has 0 atom stereocenters. The molecule has 0 spiro atoms. The number of fused-ring (bicyclic) bond motifs is 1. The van der Waals surface area contributed by atoms with Gasteiger partial charge in [0.2, 0.25) is 0 Å². The van der Waals surface area contributed by atoms with Gasteiger partial charge in [-0.1, -0.05) is 12.1 Å². The molecule has 1 amide bonds. The molecule has 0 unspecified atom stereocenters. The lowest BCUT2D eigenvalue weighted by Gasteiger charge is -2.31. The number of benzene rings is 1. The smallest absolute Gasteiger partial charge is 0.274 e. The molecule has 0 bridgehead atoms. The van der Waals surface area contributed by atoms with Crippen LogP contribution in [0.5, 0.6) is 0 Å². The van der Waals surface area contributed by atoms with Gasteiger partial charge in [-0.05, 0) is 56.0 Å². The lowest BCUT2D eigenvalue weighted by Crippen LogP contribution is -2.47. The van der Waals surface area contributed by atoms with Gasteiger partial charge >= 0.3 is 0 Å². The highest BCUT2D eigenvalue weighted by Gasteiger charge is 2.23. The molecular weight excluding hydrogens is 312 g/mol. The SMILES string of the molecule is CN1CCN(C(=O)c2cc(-c3ccc4c(c3)CCCC4)n(C)n2)CC1. The van der Waals surface area contributed by atoms with E-state index >= 15 is 0 Å². The van der Waals surface area contributed by atoms with E-state index in [4.69, 9.17) is 0 Å². The standard InChI is InChI=1S/C20H26N4O/c1-22-9-11-24(12-10-22)20(25)18-14-19(23(2)21-18)17-8-7-15-5-3-4-6-16(15)13-17/h7-8,13-14H,3-6,9-12H2,1-2H3. The molecular formula is C20H26N4O. The first-order chi connectivity index (χ1) is 12.1. The van der Waals surface area contributed by atoms with Crippen LogP contribution < -0.4 is 0 Å². The number of amides is 1. The van der Waals surface area contributed by atoms with Crippen molar-refractivity contribution in [3.63, 3.8) is 0 Å². The number of carbonyl (C=O) groups excluding carboxylic acids is 1. The summed E-state index contributed by atoms with van der Waals surface area (Å²) in [5.74, 6) is 0.0490. The third-order valence-corrected chi connectivity index (χ3v) is 5.53. The second kappa shape index (κ2) is 6.64. The van der Waals surface area contributed by atoms with E-state index in [1.165, 1.54) is 30.4 Å². The molecule has 1 fully saturated rings. The monoisotopic (exact) mass is 338 g/mol. The number of carbonyl (C=O) groups is 1. The average molecular weight is 338 g/mol. The number of hydrogen-bond acceptors (Lipinski definition) is 3. The van der Waals surface area contributed by atoms with Crippen molar-refractivity contribution >= 4 is 5.91 Å². The Labute approximate surface area is 149 Å². The van der Waals surface area contributed by atoms with E-state index in [2.05, 4.69) is 35.2 Å². The van der Waals surface area contributed by atoms with Crippen molar-refractivity contribution < 1.29 is 4.79 Å². The number of likely N-dealkylation sites (N-methyl/N-ethyl adjacent to an activating group) is 1. The summed E-state index contributed by atoms with van der Waals surface area (Å²) in [6.07, 6.45) is 4.92. The maximum absolute atomic E-state index is 12.8. The third kappa shape index (κ3) is 3.21. The van der Waals surface area contributed by atoms with Crippen LogP contribution in [0.1, 0.15) is 34.5 Å². The summed E-state index contributed by atoms with van der Waals surface area (Å²) >= 11 is 0. The first kappa shape index (κ1) is 16.3. The zero-order valence-electron chi connectivity index (χ0n) is 15.2. The molecule has 4 rings (SSSR count). The summed E-state index contributed by atoms with van der Waals surface area (Å²) in [5, 5.41) is 4.51. The lowest BCUT2D eigenvalue weighted by molar-refractivity contribution is 0.0657. The number of nitrogens with zero attached hydrogens (tertiary/aromatic N) is 4. The van der Waals surface area contributed by atoms with Gasteiger partial charge in [0.1, 0.15) is 0 Å². The fraction of sp³-hybridized carbons (Fsp3) is 0.500. The van der Waals surface area contributed by atoms with Gasteiger partial charge in [-0.2, -0.15) is 5.10 Å². The van der Waals surface area contributed by atoms with Crippen LogP contribution in [-0.2, 0) is 19.9 Å². The molecule has 1 aliphatic heterocycles. The first-order valence-electron chi connectivity index (χ1n) is 9.26. The van der Waals surface area contributed by atoms with Crippen molar-refractivity contribution in [2.75, 3.05) is 33.2 Å². The predicted octanol–water partition coefficient (Wildman–Crippen LogP) is 2.35. The van der Waals surface area contributed by atoms with Crippen LogP contribution in [0.15, 0.2) is 24.3 Å². The summed E-state index contributed by atoms with van der Waals surface area (Å²) in [7, 11) is 4.02. The van der Waals surface area contributed by atoms with Crippen molar-refractivity contribution in [1.82, 2.24) is 19.6 Å². The summed E-state index contributed by atoms with van der Waals surface area (Å²) < 4.78 is 1.84. The Bertz CT molecular complexity index is 787. The minimum Gasteiger partial charge on any atom is -0.335 e. The Morgan fingerprint density at radius 2 is 1.68 bits per heavy atom. The number of rotatable bonds is 2. The summed E-state index contributed by atoms with van der Waals surface area (Å²) in [4.78, 5) is 16.9. The minimum atomic E-state index is 0.0490. The molecule has 1 aromatic carbocycles. The maximum atomic E-state index is 12.8. The fourth-order valence-electron chi connectivity index (χ4n) is 3.91. The van der Waals surface area contributed by atoms with Crippen molar-refractivity contribution in [2.45, 2.75) is 25.7 Å². The summed E-state index contributed by atoms with van der Waals surface area (Å²) in [5.41, 5.74) is 5.67. The zero-order valence-corrected chi connectivity index (χ0v) is 15.2. The van der Waals surface area contributed by atoms with Gasteiger partial charge in [0.05, 0.1) is 5.69 Å². The highest BCUT2D eigenvalue weighted by Crippen LogP contribution is 2.28. The molecule has 5 nitrogen and oxygen atoms in total.